The Bertz CT molecular complexity index is 904. The molecule has 23 heavy (non-hydrogen) atoms. The van der Waals surface area contributed by atoms with Crippen LogP contribution in [0, 0.1) is 0 Å². The van der Waals surface area contributed by atoms with Crippen molar-refractivity contribution in [3.8, 4) is 11.3 Å². The molecule has 2 aromatic heterocycles. The van der Waals surface area contributed by atoms with Crippen LogP contribution in [0.5, 0.6) is 0 Å². The van der Waals surface area contributed by atoms with Gasteiger partial charge in [0.25, 0.3) is 0 Å². The van der Waals surface area contributed by atoms with Gasteiger partial charge in [-0.3, -0.25) is 0 Å². The normalized spacial score (nSPS) is 11.8. The standard InChI is InChI=1S/C15H9F3N2O2S/c16-15(17,18)8-6-9(7-4-2-1-3-5-7)20-13-10(8)11(19)12(23-13)14(21)22/h1-6H,19H2,(H,21,22). The number of benzene rings is 1. The number of anilines is 1. The van der Waals surface area contributed by atoms with Crippen LogP contribution in [-0.4, -0.2) is 16.1 Å². The van der Waals surface area contributed by atoms with E-state index >= 15 is 0 Å². The Kier molecular flexibility index (Phi) is 3.48. The lowest BCUT2D eigenvalue weighted by atomic mass is 10.1. The van der Waals surface area contributed by atoms with E-state index in [2.05, 4.69) is 4.98 Å². The zero-order chi connectivity index (χ0) is 16.8. The molecule has 0 radical (unpaired) electrons. The Morgan fingerprint density at radius 1 is 1.22 bits per heavy atom. The van der Waals surface area contributed by atoms with Crippen LogP contribution < -0.4 is 5.73 Å². The van der Waals surface area contributed by atoms with Crippen LogP contribution in [0.25, 0.3) is 21.5 Å². The van der Waals surface area contributed by atoms with Crippen LogP contribution in [-0.2, 0) is 6.18 Å². The molecule has 0 aliphatic carbocycles. The summed E-state index contributed by atoms with van der Waals surface area (Å²) < 4.78 is 40.1. The number of hydrogen-bond donors (Lipinski definition) is 2. The Morgan fingerprint density at radius 3 is 2.43 bits per heavy atom. The molecule has 1 aromatic carbocycles. The summed E-state index contributed by atoms with van der Waals surface area (Å²) in [6, 6.07) is 9.25. The molecule has 0 amide bonds. The lowest BCUT2D eigenvalue weighted by Crippen LogP contribution is -2.08. The smallest absolute Gasteiger partial charge is 0.417 e. The third-order valence-electron chi connectivity index (χ3n) is 3.27. The third-order valence-corrected chi connectivity index (χ3v) is 4.36. The summed E-state index contributed by atoms with van der Waals surface area (Å²) in [6.45, 7) is 0. The number of aromatic nitrogens is 1. The molecule has 0 saturated heterocycles. The molecule has 0 saturated carbocycles. The maximum Gasteiger partial charge on any atom is 0.417 e. The third kappa shape index (κ3) is 2.61. The van der Waals surface area contributed by atoms with Gasteiger partial charge < -0.3 is 10.8 Å². The van der Waals surface area contributed by atoms with Crippen LogP contribution >= 0.6 is 11.3 Å². The van der Waals surface area contributed by atoms with E-state index in [0.717, 1.165) is 6.07 Å². The summed E-state index contributed by atoms with van der Waals surface area (Å²) in [6.07, 6.45) is -4.67. The number of alkyl halides is 3. The summed E-state index contributed by atoms with van der Waals surface area (Å²) >= 11 is 0.635. The molecule has 2 heterocycles. The molecule has 8 heteroatoms. The quantitative estimate of drug-likeness (QED) is 0.732. The van der Waals surface area contributed by atoms with E-state index in [-0.39, 0.29) is 20.8 Å². The van der Waals surface area contributed by atoms with Crippen molar-refractivity contribution in [2.24, 2.45) is 0 Å². The lowest BCUT2D eigenvalue weighted by Gasteiger charge is -2.11. The highest BCUT2D eigenvalue weighted by atomic mass is 32.1. The predicted molar refractivity (Wildman–Crippen MR) is 81.4 cm³/mol. The second-order valence-corrected chi connectivity index (χ2v) is 5.75. The first-order valence-electron chi connectivity index (χ1n) is 6.38. The van der Waals surface area contributed by atoms with E-state index in [1.165, 1.54) is 0 Å². The van der Waals surface area contributed by atoms with E-state index in [0.29, 0.717) is 16.9 Å². The molecule has 0 bridgehead atoms. The molecule has 4 nitrogen and oxygen atoms in total. The van der Waals surface area contributed by atoms with Crippen molar-refractivity contribution >= 4 is 33.2 Å². The molecular weight excluding hydrogens is 329 g/mol. The van der Waals surface area contributed by atoms with Gasteiger partial charge in [-0.1, -0.05) is 30.3 Å². The van der Waals surface area contributed by atoms with Gasteiger partial charge in [-0.05, 0) is 6.07 Å². The summed E-state index contributed by atoms with van der Waals surface area (Å²) in [5, 5.41) is 8.71. The van der Waals surface area contributed by atoms with Crippen molar-refractivity contribution in [3.63, 3.8) is 0 Å². The SMILES string of the molecule is Nc1c(C(=O)O)sc2nc(-c3ccccc3)cc(C(F)(F)F)c12. The molecule has 0 aliphatic heterocycles. The molecule has 3 rings (SSSR count). The summed E-state index contributed by atoms with van der Waals surface area (Å²) in [4.78, 5) is 14.9. The van der Waals surface area contributed by atoms with E-state index in [9.17, 15) is 18.0 Å². The van der Waals surface area contributed by atoms with Crippen molar-refractivity contribution < 1.29 is 23.1 Å². The highest BCUT2D eigenvalue weighted by molar-refractivity contribution is 7.21. The number of nitrogens with zero attached hydrogens (tertiary/aromatic N) is 1. The minimum atomic E-state index is -4.67. The molecule has 118 valence electrons. The average molecular weight is 338 g/mol. The number of pyridine rings is 1. The fourth-order valence-electron chi connectivity index (χ4n) is 2.26. The molecule has 0 spiro atoms. The van der Waals surface area contributed by atoms with Crippen molar-refractivity contribution in [2.75, 3.05) is 5.73 Å². The molecule has 0 fully saturated rings. The fourth-order valence-corrected chi connectivity index (χ4v) is 3.22. The number of carboxylic acid groups (broad SMARTS) is 1. The van der Waals surface area contributed by atoms with Gasteiger partial charge in [-0.2, -0.15) is 13.2 Å². The van der Waals surface area contributed by atoms with Crippen LogP contribution in [0.15, 0.2) is 36.4 Å². The van der Waals surface area contributed by atoms with Gasteiger partial charge in [0.1, 0.15) is 9.71 Å². The number of nitrogens with two attached hydrogens (primary N) is 1. The van der Waals surface area contributed by atoms with E-state index in [1.807, 2.05) is 0 Å². The highest BCUT2D eigenvalue weighted by Crippen LogP contribution is 2.43. The van der Waals surface area contributed by atoms with Crippen molar-refractivity contribution in [1.82, 2.24) is 4.98 Å². The largest absolute Gasteiger partial charge is 0.477 e. The second-order valence-electron chi connectivity index (χ2n) is 4.75. The number of hydrogen-bond acceptors (Lipinski definition) is 4. The first kappa shape index (κ1) is 15.3. The van der Waals surface area contributed by atoms with Gasteiger partial charge in [-0.15, -0.1) is 11.3 Å². The predicted octanol–water partition coefficient (Wildman–Crippen LogP) is 4.26. The average Bonchev–Trinajstić information content (AvgIpc) is 2.84. The van der Waals surface area contributed by atoms with Gasteiger partial charge in [0, 0.05) is 10.9 Å². The van der Waals surface area contributed by atoms with Gasteiger partial charge in [0.05, 0.1) is 16.9 Å². The molecule has 3 N–H and O–H groups in total. The Labute approximate surface area is 132 Å². The zero-order valence-electron chi connectivity index (χ0n) is 11.4. The summed E-state index contributed by atoms with van der Waals surface area (Å²) in [7, 11) is 0. The first-order chi connectivity index (χ1) is 10.8. The second kappa shape index (κ2) is 5.24. The van der Waals surface area contributed by atoms with Crippen molar-refractivity contribution in [3.05, 3.63) is 46.8 Å². The van der Waals surface area contributed by atoms with Crippen LogP contribution in [0.4, 0.5) is 18.9 Å². The van der Waals surface area contributed by atoms with Gasteiger partial charge in [-0.25, -0.2) is 9.78 Å². The Balaban J connectivity index is 2.38. The number of halogens is 3. The maximum atomic E-state index is 13.4. The fraction of sp³-hybridized carbons (Fsp3) is 0.0667. The van der Waals surface area contributed by atoms with Gasteiger partial charge in [0.15, 0.2) is 0 Å². The van der Waals surface area contributed by atoms with Gasteiger partial charge >= 0.3 is 12.1 Å². The number of rotatable bonds is 2. The molecule has 3 aromatic rings. The molecular formula is C15H9F3N2O2S. The van der Waals surface area contributed by atoms with E-state index in [1.54, 1.807) is 30.3 Å². The molecule has 0 atom stereocenters. The molecule has 0 aliphatic rings. The maximum absolute atomic E-state index is 13.4. The van der Waals surface area contributed by atoms with Crippen LogP contribution in [0.1, 0.15) is 15.2 Å². The number of nitrogen functional groups attached to an aromatic ring is 1. The van der Waals surface area contributed by atoms with Crippen LogP contribution in [0.2, 0.25) is 0 Å². The lowest BCUT2D eigenvalue weighted by molar-refractivity contribution is -0.136. The summed E-state index contributed by atoms with van der Waals surface area (Å²) in [5.74, 6) is -1.38. The topological polar surface area (TPSA) is 76.2 Å². The number of carboxylic acids is 1. The van der Waals surface area contributed by atoms with Crippen molar-refractivity contribution in [2.45, 2.75) is 6.18 Å². The van der Waals surface area contributed by atoms with Crippen molar-refractivity contribution in [1.29, 1.82) is 0 Å². The van der Waals surface area contributed by atoms with E-state index < -0.39 is 23.4 Å². The summed E-state index contributed by atoms with van der Waals surface area (Å²) in [5.41, 5.74) is 4.84. The minimum absolute atomic E-state index is 0.0476. The number of carbonyl (C=O) groups is 1. The highest BCUT2D eigenvalue weighted by Gasteiger charge is 2.36. The van der Waals surface area contributed by atoms with E-state index in [4.69, 9.17) is 10.8 Å². The number of thiophene rings is 1. The minimum Gasteiger partial charge on any atom is -0.477 e. The van der Waals surface area contributed by atoms with Gasteiger partial charge in [0.2, 0.25) is 0 Å². The number of aromatic carboxylic acids is 1. The monoisotopic (exact) mass is 338 g/mol. The number of fused-ring (bicyclic) bond motifs is 1. The Morgan fingerprint density at radius 2 is 1.87 bits per heavy atom. The Hall–Kier alpha value is -2.61. The molecule has 0 unspecified atom stereocenters. The first-order valence-corrected chi connectivity index (χ1v) is 7.19. The zero-order valence-corrected chi connectivity index (χ0v) is 12.2. The van der Waals surface area contributed by atoms with Crippen LogP contribution in [0.3, 0.4) is 0 Å².